The molecule has 3 N–H and O–H groups in total. The van der Waals surface area contributed by atoms with Gasteiger partial charge in [-0.05, 0) is 19.1 Å². The molecule has 1 aromatic heterocycles. The molecule has 0 aliphatic carbocycles. The van der Waals surface area contributed by atoms with Gasteiger partial charge < -0.3 is 11.1 Å². The zero-order chi connectivity index (χ0) is 13.3. The number of aryl methyl sites for hydroxylation is 1. The van der Waals surface area contributed by atoms with Gasteiger partial charge in [0.15, 0.2) is 0 Å². The number of nitrogen functional groups attached to an aromatic ring is 1. The number of hydrogen-bond acceptors (Lipinski definition) is 4. The number of hydrogen-bond donors (Lipinski definition) is 2. The van der Waals surface area contributed by atoms with E-state index in [2.05, 4.69) is 15.3 Å². The summed E-state index contributed by atoms with van der Waals surface area (Å²) in [6.45, 7) is 1.77. The van der Waals surface area contributed by atoms with Gasteiger partial charge in [-0.3, -0.25) is 0 Å². The highest BCUT2D eigenvalue weighted by molar-refractivity contribution is 6.39. The minimum Gasteiger partial charge on any atom is -0.368 e. The van der Waals surface area contributed by atoms with Crippen molar-refractivity contribution in [2.24, 2.45) is 0 Å². The first-order valence-electron chi connectivity index (χ1n) is 4.98. The second kappa shape index (κ2) is 4.96. The lowest BCUT2D eigenvalue weighted by molar-refractivity contribution is 0.628. The summed E-state index contributed by atoms with van der Waals surface area (Å²) in [5, 5.41) is 3.21. The molecule has 0 spiro atoms. The Balaban J connectivity index is 2.40. The van der Waals surface area contributed by atoms with Gasteiger partial charge in [-0.2, -0.15) is 4.98 Å². The molecule has 0 atom stereocenters. The number of nitrogens with zero attached hydrogens (tertiary/aromatic N) is 2. The van der Waals surface area contributed by atoms with Crippen LogP contribution in [0.4, 0.5) is 21.8 Å². The summed E-state index contributed by atoms with van der Waals surface area (Å²) in [6.07, 6.45) is 0. The van der Waals surface area contributed by atoms with Crippen molar-refractivity contribution in [1.82, 2.24) is 9.97 Å². The molecule has 7 heteroatoms. The van der Waals surface area contributed by atoms with Crippen molar-refractivity contribution in [3.05, 3.63) is 39.8 Å². The minimum absolute atomic E-state index is 0.131. The second-order valence-electron chi connectivity index (χ2n) is 3.62. The maximum absolute atomic E-state index is 13.0. The molecule has 94 valence electrons. The van der Waals surface area contributed by atoms with E-state index in [9.17, 15) is 4.39 Å². The van der Waals surface area contributed by atoms with Crippen molar-refractivity contribution in [2.45, 2.75) is 6.92 Å². The van der Waals surface area contributed by atoms with Gasteiger partial charge in [0.1, 0.15) is 11.6 Å². The molecule has 0 aliphatic rings. The first kappa shape index (κ1) is 12.9. The average Bonchev–Trinajstić information content (AvgIpc) is 2.22. The molecule has 0 amide bonds. The van der Waals surface area contributed by atoms with Gasteiger partial charge in [-0.25, -0.2) is 9.37 Å². The van der Waals surface area contributed by atoms with Gasteiger partial charge in [-0.1, -0.05) is 23.2 Å². The summed E-state index contributed by atoms with van der Waals surface area (Å²) in [6, 6.07) is 3.99. The molecule has 0 bridgehead atoms. The van der Waals surface area contributed by atoms with Crippen LogP contribution in [0.2, 0.25) is 10.0 Å². The maximum atomic E-state index is 13.0. The zero-order valence-corrected chi connectivity index (χ0v) is 10.8. The molecule has 0 unspecified atom stereocenters. The molecular weight excluding hydrogens is 278 g/mol. The van der Waals surface area contributed by atoms with Crippen LogP contribution in [0.25, 0.3) is 0 Å². The predicted molar refractivity (Wildman–Crippen MR) is 70.9 cm³/mol. The lowest BCUT2D eigenvalue weighted by Crippen LogP contribution is -2.02. The minimum atomic E-state index is -0.506. The number of benzene rings is 1. The summed E-state index contributed by atoms with van der Waals surface area (Å²) in [4.78, 5) is 7.91. The summed E-state index contributed by atoms with van der Waals surface area (Å²) in [7, 11) is 0. The van der Waals surface area contributed by atoms with E-state index >= 15 is 0 Å². The number of nitrogens with two attached hydrogens (primary N) is 1. The monoisotopic (exact) mass is 286 g/mol. The normalized spacial score (nSPS) is 10.4. The number of nitrogens with one attached hydrogen (secondary N) is 1. The van der Waals surface area contributed by atoms with E-state index in [1.54, 1.807) is 13.0 Å². The van der Waals surface area contributed by atoms with Crippen molar-refractivity contribution < 1.29 is 4.39 Å². The van der Waals surface area contributed by atoms with Crippen molar-refractivity contribution in [3.63, 3.8) is 0 Å². The Hall–Kier alpha value is -1.59. The summed E-state index contributed by atoms with van der Waals surface area (Å²) < 4.78 is 13.0. The topological polar surface area (TPSA) is 63.8 Å². The Labute approximate surface area is 113 Å². The van der Waals surface area contributed by atoms with E-state index in [0.717, 1.165) is 12.1 Å². The number of rotatable bonds is 2. The Morgan fingerprint density at radius 3 is 2.33 bits per heavy atom. The van der Waals surface area contributed by atoms with Crippen LogP contribution >= 0.6 is 23.2 Å². The van der Waals surface area contributed by atoms with Crippen molar-refractivity contribution in [1.29, 1.82) is 0 Å². The smallest absolute Gasteiger partial charge is 0.222 e. The van der Waals surface area contributed by atoms with Gasteiger partial charge in [-0.15, -0.1) is 0 Å². The van der Waals surface area contributed by atoms with E-state index in [0.29, 0.717) is 17.2 Å². The van der Waals surface area contributed by atoms with Crippen LogP contribution in [0, 0.1) is 12.7 Å². The fraction of sp³-hybridized carbons (Fsp3) is 0.0909. The third kappa shape index (κ3) is 2.80. The Morgan fingerprint density at radius 1 is 1.17 bits per heavy atom. The number of anilines is 3. The van der Waals surface area contributed by atoms with Gasteiger partial charge in [0.25, 0.3) is 0 Å². The van der Waals surface area contributed by atoms with Crippen molar-refractivity contribution in [2.75, 3.05) is 11.1 Å². The molecule has 2 aromatic rings. The van der Waals surface area contributed by atoms with E-state index < -0.39 is 5.82 Å². The van der Waals surface area contributed by atoms with Crippen LogP contribution in [0.5, 0.6) is 0 Å². The second-order valence-corrected chi connectivity index (χ2v) is 4.44. The molecule has 0 saturated heterocycles. The van der Waals surface area contributed by atoms with Crippen LogP contribution in [0.3, 0.4) is 0 Å². The third-order valence-electron chi connectivity index (χ3n) is 2.13. The van der Waals surface area contributed by atoms with E-state index in [1.165, 1.54) is 0 Å². The number of aromatic nitrogens is 2. The van der Waals surface area contributed by atoms with Crippen LogP contribution in [0.15, 0.2) is 18.2 Å². The third-order valence-corrected chi connectivity index (χ3v) is 2.73. The lowest BCUT2D eigenvalue weighted by Gasteiger charge is -2.10. The molecule has 1 aromatic carbocycles. The Kier molecular flexibility index (Phi) is 3.54. The predicted octanol–water partition coefficient (Wildman–Crippen LogP) is 3.56. The average molecular weight is 287 g/mol. The lowest BCUT2D eigenvalue weighted by atomic mass is 10.3. The van der Waals surface area contributed by atoms with Gasteiger partial charge >= 0.3 is 0 Å². The van der Waals surface area contributed by atoms with E-state index in [1.807, 2.05) is 0 Å². The highest BCUT2D eigenvalue weighted by atomic mass is 35.5. The molecular formula is C11H9Cl2FN4. The largest absolute Gasteiger partial charge is 0.368 e. The summed E-state index contributed by atoms with van der Waals surface area (Å²) in [5.74, 6) is 0.0659. The van der Waals surface area contributed by atoms with Crippen LogP contribution in [-0.2, 0) is 0 Å². The fourth-order valence-electron chi connectivity index (χ4n) is 1.45. The molecule has 0 saturated carbocycles. The quantitative estimate of drug-likeness (QED) is 0.886. The van der Waals surface area contributed by atoms with Crippen LogP contribution in [0.1, 0.15) is 5.69 Å². The first-order chi connectivity index (χ1) is 8.45. The molecule has 0 aliphatic heterocycles. The fourth-order valence-corrected chi connectivity index (χ4v) is 2.00. The molecule has 0 radical (unpaired) electrons. The first-order valence-corrected chi connectivity index (χ1v) is 5.74. The van der Waals surface area contributed by atoms with Crippen LogP contribution < -0.4 is 11.1 Å². The van der Waals surface area contributed by atoms with Crippen molar-refractivity contribution >= 4 is 40.7 Å². The van der Waals surface area contributed by atoms with Gasteiger partial charge in [0.2, 0.25) is 5.95 Å². The Bertz CT molecular complexity index is 560. The number of halogens is 3. The highest BCUT2D eigenvalue weighted by Gasteiger charge is 2.10. The van der Waals surface area contributed by atoms with Gasteiger partial charge in [0.05, 0.1) is 15.7 Å². The summed E-state index contributed by atoms with van der Waals surface area (Å²) >= 11 is 11.8. The Morgan fingerprint density at radius 2 is 1.78 bits per heavy atom. The SMILES string of the molecule is Cc1cc(Nc2c(Cl)cc(F)cc2Cl)nc(N)n1. The van der Waals surface area contributed by atoms with Gasteiger partial charge in [0, 0.05) is 11.8 Å². The highest BCUT2D eigenvalue weighted by Crippen LogP contribution is 2.33. The molecule has 0 fully saturated rings. The molecule has 18 heavy (non-hydrogen) atoms. The molecule has 4 nitrogen and oxygen atoms in total. The van der Waals surface area contributed by atoms with Crippen molar-refractivity contribution in [3.8, 4) is 0 Å². The molecule has 1 heterocycles. The van der Waals surface area contributed by atoms with E-state index in [4.69, 9.17) is 28.9 Å². The maximum Gasteiger partial charge on any atom is 0.222 e. The van der Waals surface area contributed by atoms with E-state index in [-0.39, 0.29) is 16.0 Å². The standard InChI is InChI=1S/C11H9Cl2FN4/c1-5-2-9(18-11(15)16-5)17-10-7(12)3-6(14)4-8(10)13/h2-4H,1H3,(H3,15,16,17,18). The molecule has 2 rings (SSSR count). The van der Waals surface area contributed by atoms with Crippen LogP contribution in [-0.4, -0.2) is 9.97 Å². The summed E-state index contributed by atoms with van der Waals surface area (Å²) in [5.41, 5.74) is 6.59. The zero-order valence-electron chi connectivity index (χ0n) is 9.34.